The summed E-state index contributed by atoms with van der Waals surface area (Å²) < 4.78 is 7.71. The monoisotopic (exact) mass is 378 g/mol. The molecule has 0 bridgehead atoms. The summed E-state index contributed by atoms with van der Waals surface area (Å²) >= 11 is 1.41. The van der Waals surface area contributed by atoms with E-state index >= 15 is 0 Å². The summed E-state index contributed by atoms with van der Waals surface area (Å²) in [6, 6.07) is 9.88. The van der Waals surface area contributed by atoms with Crippen molar-refractivity contribution in [3.63, 3.8) is 0 Å². The highest BCUT2D eigenvalue weighted by Crippen LogP contribution is 2.36. The Morgan fingerprint density at radius 2 is 1.85 bits per heavy atom. The van der Waals surface area contributed by atoms with Gasteiger partial charge >= 0.3 is 0 Å². The largest absolute Gasteiger partial charge is 0.378 e. The summed E-state index contributed by atoms with van der Waals surface area (Å²) in [6.07, 6.45) is 3.43. The van der Waals surface area contributed by atoms with Crippen LogP contribution in [0, 0.1) is 6.92 Å². The number of morpholine rings is 1. The van der Waals surface area contributed by atoms with Gasteiger partial charge in [0.15, 0.2) is 0 Å². The number of aryl methyl sites for hydroxylation is 1. The Morgan fingerprint density at radius 1 is 1.07 bits per heavy atom. The molecule has 1 fully saturated rings. The fourth-order valence-corrected chi connectivity index (χ4v) is 4.54. The van der Waals surface area contributed by atoms with Gasteiger partial charge in [-0.25, -0.2) is 9.97 Å². The fourth-order valence-electron chi connectivity index (χ4n) is 3.49. The number of pyridine rings is 1. The molecule has 0 atom stereocenters. The Bertz CT molecular complexity index is 1190. The van der Waals surface area contributed by atoms with Crippen molar-refractivity contribution in [2.75, 3.05) is 31.2 Å². The van der Waals surface area contributed by atoms with Gasteiger partial charge in [-0.15, -0.1) is 11.3 Å². The van der Waals surface area contributed by atoms with Crippen molar-refractivity contribution in [2.45, 2.75) is 6.92 Å². The Kier molecular flexibility index (Phi) is 3.91. The van der Waals surface area contributed by atoms with E-state index in [-0.39, 0.29) is 5.56 Å². The summed E-state index contributed by atoms with van der Waals surface area (Å²) in [5.41, 5.74) is 3.73. The maximum Gasteiger partial charge on any atom is 0.275 e. The maximum atomic E-state index is 13.1. The van der Waals surface area contributed by atoms with E-state index in [2.05, 4.69) is 14.9 Å². The second-order valence-electron chi connectivity index (χ2n) is 6.64. The first-order valence-corrected chi connectivity index (χ1v) is 9.72. The van der Waals surface area contributed by atoms with Crippen molar-refractivity contribution in [1.82, 2.24) is 14.5 Å². The normalized spacial score (nSPS) is 14.9. The molecule has 1 aliphatic heterocycles. The van der Waals surface area contributed by atoms with E-state index < -0.39 is 0 Å². The van der Waals surface area contributed by atoms with Gasteiger partial charge in [0.05, 0.1) is 30.0 Å². The van der Waals surface area contributed by atoms with Gasteiger partial charge in [0.25, 0.3) is 5.56 Å². The average molecular weight is 378 g/mol. The molecular formula is C20H18N4O2S. The molecule has 0 radical (unpaired) electrons. The lowest BCUT2D eigenvalue weighted by Crippen LogP contribution is -2.36. The van der Waals surface area contributed by atoms with E-state index in [0.717, 1.165) is 45.8 Å². The average Bonchev–Trinajstić information content (AvgIpc) is 3.10. The number of benzene rings is 1. The van der Waals surface area contributed by atoms with Crippen molar-refractivity contribution in [1.29, 1.82) is 0 Å². The first-order valence-electron chi connectivity index (χ1n) is 8.91. The predicted molar refractivity (Wildman–Crippen MR) is 108 cm³/mol. The summed E-state index contributed by atoms with van der Waals surface area (Å²) in [5, 5.41) is 0.965. The smallest absolute Gasteiger partial charge is 0.275 e. The number of anilines is 1. The summed E-state index contributed by atoms with van der Waals surface area (Å²) in [6.45, 7) is 5.10. The van der Waals surface area contributed by atoms with E-state index in [1.165, 1.54) is 11.3 Å². The van der Waals surface area contributed by atoms with Crippen LogP contribution in [-0.2, 0) is 4.74 Å². The predicted octanol–water partition coefficient (Wildman–Crippen LogP) is 3.14. The van der Waals surface area contributed by atoms with Gasteiger partial charge in [-0.2, -0.15) is 0 Å². The van der Waals surface area contributed by atoms with Gasteiger partial charge in [0, 0.05) is 19.3 Å². The highest BCUT2D eigenvalue weighted by Gasteiger charge is 2.20. The molecule has 4 heterocycles. The molecule has 6 nitrogen and oxygen atoms in total. The number of aromatic nitrogens is 3. The topological polar surface area (TPSA) is 60.3 Å². The van der Waals surface area contributed by atoms with Crippen LogP contribution in [0.4, 0.5) is 5.69 Å². The zero-order valence-corrected chi connectivity index (χ0v) is 15.7. The second kappa shape index (κ2) is 6.44. The van der Waals surface area contributed by atoms with Crippen molar-refractivity contribution < 1.29 is 4.74 Å². The molecule has 1 aromatic carbocycles. The van der Waals surface area contributed by atoms with E-state index in [4.69, 9.17) is 4.74 Å². The molecular weight excluding hydrogens is 360 g/mol. The fraction of sp³-hybridized carbons (Fsp3) is 0.250. The Balaban J connectivity index is 1.73. The first-order chi connectivity index (χ1) is 13.2. The minimum absolute atomic E-state index is 0.0558. The zero-order valence-electron chi connectivity index (χ0n) is 14.9. The molecule has 0 saturated carbocycles. The SMILES string of the molecule is Cc1ccc(-n2cnc3c(sc4nccc(N5CCOCC5)c43)c2=O)cc1. The number of hydrogen-bond acceptors (Lipinski definition) is 6. The lowest BCUT2D eigenvalue weighted by Gasteiger charge is -2.29. The van der Waals surface area contributed by atoms with E-state index in [1.54, 1.807) is 17.1 Å². The van der Waals surface area contributed by atoms with E-state index in [1.807, 2.05) is 37.3 Å². The lowest BCUT2D eigenvalue weighted by atomic mass is 10.2. The van der Waals surface area contributed by atoms with E-state index in [0.29, 0.717) is 17.9 Å². The van der Waals surface area contributed by atoms with Crippen LogP contribution in [0.25, 0.3) is 26.1 Å². The summed E-state index contributed by atoms with van der Waals surface area (Å²) in [5.74, 6) is 0. The quantitative estimate of drug-likeness (QED) is 0.536. The number of nitrogens with zero attached hydrogens (tertiary/aromatic N) is 4. The number of hydrogen-bond donors (Lipinski definition) is 0. The Labute approximate surface area is 159 Å². The zero-order chi connectivity index (χ0) is 18.4. The molecule has 4 aromatic rings. The van der Waals surface area contributed by atoms with Crippen LogP contribution in [0.3, 0.4) is 0 Å². The first kappa shape index (κ1) is 16.4. The van der Waals surface area contributed by atoms with E-state index in [9.17, 15) is 4.79 Å². The van der Waals surface area contributed by atoms with Crippen LogP contribution < -0.4 is 10.5 Å². The van der Waals surface area contributed by atoms with Gasteiger partial charge in [0.2, 0.25) is 0 Å². The Morgan fingerprint density at radius 3 is 2.63 bits per heavy atom. The third-order valence-corrected chi connectivity index (χ3v) is 6.00. The molecule has 0 unspecified atom stereocenters. The maximum absolute atomic E-state index is 13.1. The van der Waals surface area contributed by atoms with Crippen LogP contribution in [-0.4, -0.2) is 40.8 Å². The van der Waals surface area contributed by atoms with Gasteiger partial charge < -0.3 is 9.64 Å². The highest BCUT2D eigenvalue weighted by atomic mass is 32.1. The Hall–Kier alpha value is -2.77. The molecule has 5 rings (SSSR count). The van der Waals surface area contributed by atoms with Crippen LogP contribution in [0.15, 0.2) is 47.7 Å². The third kappa shape index (κ3) is 2.70. The van der Waals surface area contributed by atoms with Crippen molar-refractivity contribution >= 4 is 37.5 Å². The van der Waals surface area contributed by atoms with Crippen LogP contribution in [0.1, 0.15) is 5.56 Å². The molecule has 3 aromatic heterocycles. The van der Waals surface area contributed by atoms with Crippen LogP contribution in [0.5, 0.6) is 0 Å². The van der Waals surface area contributed by atoms with Crippen molar-refractivity contribution in [3.8, 4) is 5.69 Å². The minimum Gasteiger partial charge on any atom is -0.378 e. The van der Waals surface area contributed by atoms with Gasteiger partial charge in [-0.05, 0) is 25.1 Å². The molecule has 0 spiro atoms. The van der Waals surface area contributed by atoms with Crippen molar-refractivity contribution in [3.05, 3.63) is 58.8 Å². The molecule has 7 heteroatoms. The molecule has 0 aliphatic carbocycles. The van der Waals surface area contributed by atoms with Crippen LogP contribution in [0.2, 0.25) is 0 Å². The van der Waals surface area contributed by atoms with Gasteiger partial charge in [-0.1, -0.05) is 17.7 Å². The third-order valence-electron chi connectivity index (χ3n) is 4.92. The second-order valence-corrected chi connectivity index (χ2v) is 7.64. The number of rotatable bonds is 2. The minimum atomic E-state index is -0.0558. The highest BCUT2D eigenvalue weighted by molar-refractivity contribution is 7.25. The molecule has 1 aliphatic rings. The standard InChI is InChI=1S/C20H18N4O2S/c1-13-2-4-14(5-3-13)24-12-22-17-16-15(23-8-10-26-11-9-23)6-7-21-19(16)27-18(17)20(24)25/h2-7,12H,8-11H2,1H3. The lowest BCUT2D eigenvalue weighted by molar-refractivity contribution is 0.123. The summed E-state index contributed by atoms with van der Waals surface area (Å²) in [7, 11) is 0. The molecule has 0 N–H and O–H groups in total. The van der Waals surface area contributed by atoms with Gasteiger partial charge in [0.1, 0.15) is 21.4 Å². The molecule has 0 amide bonds. The summed E-state index contributed by atoms with van der Waals surface area (Å²) in [4.78, 5) is 25.4. The van der Waals surface area contributed by atoms with Crippen LogP contribution >= 0.6 is 11.3 Å². The molecule has 136 valence electrons. The van der Waals surface area contributed by atoms with Crippen molar-refractivity contribution in [2.24, 2.45) is 0 Å². The molecule has 27 heavy (non-hydrogen) atoms. The number of ether oxygens (including phenoxy) is 1. The van der Waals surface area contributed by atoms with Gasteiger partial charge in [-0.3, -0.25) is 9.36 Å². The molecule has 1 saturated heterocycles. The number of fused-ring (bicyclic) bond motifs is 3. The number of thiophene rings is 1.